The highest BCUT2D eigenvalue weighted by molar-refractivity contribution is 9.10. The molecule has 0 spiro atoms. The topological polar surface area (TPSA) is 15.3 Å². The van der Waals surface area contributed by atoms with Crippen molar-refractivity contribution in [2.24, 2.45) is 5.41 Å². The molecular weight excluding hydrogens is 296 g/mol. The van der Waals surface area contributed by atoms with Crippen LogP contribution in [-0.2, 0) is 0 Å². The lowest BCUT2D eigenvalue weighted by molar-refractivity contribution is 0.0888. The molecule has 2 rings (SSSR count). The summed E-state index contributed by atoms with van der Waals surface area (Å²) in [6.07, 6.45) is 0. The van der Waals surface area contributed by atoms with E-state index in [9.17, 15) is 0 Å². The summed E-state index contributed by atoms with van der Waals surface area (Å²) in [5, 5.41) is 5.62. The molecule has 0 bridgehead atoms. The van der Waals surface area contributed by atoms with Crippen LogP contribution in [0.1, 0.15) is 31.7 Å². The van der Waals surface area contributed by atoms with Crippen LogP contribution in [0.2, 0.25) is 0 Å². The third-order valence-electron chi connectivity index (χ3n) is 3.19. The second kappa shape index (κ2) is 5.39. The van der Waals surface area contributed by atoms with E-state index in [1.165, 1.54) is 9.35 Å². The van der Waals surface area contributed by atoms with Crippen molar-refractivity contribution in [3.8, 4) is 0 Å². The Kier molecular flexibility index (Phi) is 4.29. The average molecular weight is 317 g/mol. The minimum absolute atomic E-state index is 0.279. The maximum atomic E-state index is 3.57. The van der Waals surface area contributed by atoms with Crippen LogP contribution in [0.25, 0.3) is 0 Å². The molecule has 0 aliphatic carbocycles. The first kappa shape index (κ1) is 13.5. The number of piperazine rings is 1. The van der Waals surface area contributed by atoms with Gasteiger partial charge >= 0.3 is 0 Å². The fourth-order valence-electron chi connectivity index (χ4n) is 2.57. The van der Waals surface area contributed by atoms with Gasteiger partial charge in [0.25, 0.3) is 0 Å². The van der Waals surface area contributed by atoms with Crippen LogP contribution in [0, 0.1) is 5.41 Å². The first-order valence-electron chi connectivity index (χ1n) is 6.17. The molecule has 1 atom stereocenters. The Morgan fingerprint density at radius 2 is 2.00 bits per heavy atom. The van der Waals surface area contributed by atoms with Crippen LogP contribution < -0.4 is 5.32 Å². The first-order chi connectivity index (χ1) is 7.98. The van der Waals surface area contributed by atoms with Crippen molar-refractivity contribution in [1.29, 1.82) is 0 Å². The van der Waals surface area contributed by atoms with Crippen molar-refractivity contribution in [2.45, 2.75) is 26.8 Å². The molecule has 17 heavy (non-hydrogen) atoms. The van der Waals surface area contributed by atoms with E-state index in [0.29, 0.717) is 6.04 Å². The lowest BCUT2D eigenvalue weighted by Gasteiger charge is -2.41. The average Bonchev–Trinajstić information content (AvgIpc) is 2.64. The molecule has 0 unspecified atom stereocenters. The van der Waals surface area contributed by atoms with E-state index in [4.69, 9.17) is 0 Å². The maximum absolute atomic E-state index is 3.57. The van der Waals surface area contributed by atoms with Gasteiger partial charge in [0.1, 0.15) is 0 Å². The normalized spacial score (nSPS) is 20.5. The second-order valence-corrected chi connectivity index (χ2v) is 7.58. The highest BCUT2D eigenvalue weighted by Crippen LogP contribution is 2.41. The van der Waals surface area contributed by atoms with Crippen LogP contribution in [0.15, 0.2) is 15.9 Å². The molecule has 1 aliphatic heterocycles. The van der Waals surface area contributed by atoms with Crippen LogP contribution in [0.3, 0.4) is 0 Å². The van der Waals surface area contributed by atoms with Crippen molar-refractivity contribution in [3.05, 3.63) is 20.8 Å². The molecule has 1 aliphatic rings. The molecule has 1 aromatic heterocycles. The predicted molar refractivity (Wildman–Crippen MR) is 78.7 cm³/mol. The van der Waals surface area contributed by atoms with E-state index in [1.54, 1.807) is 0 Å². The Labute approximate surface area is 117 Å². The van der Waals surface area contributed by atoms with Gasteiger partial charge in [-0.2, -0.15) is 0 Å². The fourth-order valence-corrected chi connectivity index (χ4v) is 4.39. The number of hydrogen-bond donors (Lipinski definition) is 1. The molecule has 0 saturated carbocycles. The Morgan fingerprint density at radius 1 is 1.35 bits per heavy atom. The lowest BCUT2D eigenvalue weighted by Crippen LogP contribution is -2.48. The number of rotatable bonds is 2. The quantitative estimate of drug-likeness (QED) is 0.898. The van der Waals surface area contributed by atoms with E-state index < -0.39 is 0 Å². The van der Waals surface area contributed by atoms with E-state index in [0.717, 1.165) is 26.2 Å². The molecule has 0 aromatic carbocycles. The van der Waals surface area contributed by atoms with Gasteiger partial charge in [0.15, 0.2) is 0 Å². The number of thiophene rings is 1. The highest BCUT2D eigenvalue weighted by Gasteiger charge is 2.33. The molecule has 1 aromatic rings. The van der Waals surface area contributed by atoms with Gasteiger partial charge in [0, 0.05) is 47.0 Å². The van der Waals surface area contributed by atoms with Crippen LogP contribution in [0.4, 0.5) is 0 Å². The molecular formula is C13H21BrN2S. The molecule has 2 heterocycles. The van der Waals surface area contributed by atoms with Crippen molar-refractivity contribution >= 4 is 27.3 Å². The van der Waals surface area contributed by atoms with E-state index in [2.05, 4.69) is 58.4 Å². The van der Waals surface area contributed by atoms with Crippen molar-refractivity contribution in [2.75, 3.05) is 26.2 Å². The number of halogens is 1. The van der Waals surface area contributed by atoms with Gasteiger partial charge < -0.3 is 5.32 Å². The lowest BCUT2D eigenvalue weighted by atomic mass is 9.84. The second-order valence-electron chi connectivity index (χ2n) is 5.72. The third kappa shape index (κ3) is 3.31. The number of nitrogens with one attached hydrogen (secondary N) is 1. The predicted octanol–water partition coefficient (Wildman–Crippen LogP) is 3.50. The first-order valence-corrected chi connectivity index (χ1v) is 7.84. The molecule has 96 valence electrons. The fraction of sp³-hybridized carbons (Fsp3) is 0.692. The molecule has 1 saturated heterocycles. The van der Waals surface area contributed by atoms with Gasteiger partial charge in [-0.1, -0.05) is 20.8 Å². The Balaban J connectivity index is 2.24. The van der Waals surface area contributed by atoms with Gasteiger partial charge in [-0.05, 0) is 27.4 Å². The van der Waals surface area contributed by atoms with Crippen molar-refractivity contribution in [3.63, 3.8) is 0 Å². The van der Waals surface area contributed by atoms with Gasteiger partial charge in [-0.25, -0.2) is 0 Å². The SMILES string of the molecule is CC(C)(C)[C@H](c1cc(Br)cs1)N1CCNCC1. The van der Waals surface area contributed by atoms with Crippen molar-refractivity contribution in [1.82, 2.24) is 10.2 Å². The summed E-state index contributed by atoms with van der Waals surface area (Å²) in [5.74, 6) is 0. The van der Waals surface area contributed by atoms with Gasteiger partial charge in [-0.3, -0.25) is 4.90 Å². The summed E-state index contributed by atoms with van der Waals surface area (Å²) in [6.45, 7) is 11.5. The summed E-state index contributed by atoms with van der Waals surface area (Å²) in [5.41, 5.74) is 0.279. The van der Waals surface area contributed by atoms with Crippen molar-refractivity contribution < 1.29 is 0 Å². The standard InChI is InChI=1S/C13H21BrN2S/c1-13(2,3)12(11-8-10(14)9-17-11)16-6-4-15-5-7-16/h8-9,12,15H,4-7H2,1-3H3/t12-/m0/s1. The molecule has 0 amide bonds. The molecule has 0 radical (unpaired) electrons. The van der Waals surface area contributed by atoms with Gasteiger partial charge in [-0.15, -0.1) is 11.3 Å². The molecule has 1 fully saturated rings. The maximum Gasteiger partial charge on any atom is 0.0491 e. The monoisotopic (exact) mass is 316 g/mol. The van der Waals surface area contributed by atoms with Crippen LogP contribution in [0.5, 0.6) is 0 Å². The van der Waals surface area contributed by atoms with E-state index in [-0.39, 0.29) is 5.41 Å². The summed E-state index contributed by atoms with van der Waals surface area (Å²) >= 11 is 5.44. The summed E-state index contributed by atoms with van der Waals surface area (Å²) in [4.78, 5) is 4.10. The zero-order chi connectivity index (χ0) is 12.5. The number of nitrogens with zero attached hydrogens (tertiary/aromatic N) is 1. The smallest absolute Gasteiger partial charge is 0.0491 e. The minimum Gasteiger partial charge on any atom is -0.314 e. The van der Waals surface area contributed by atoms with Gasteiger partial charge in [0.2, 0.25) is 0 Å². The summed E-state index contributed by atoms with van der Waals surface area (Å²) < 4.78 is 1.21. The Morgan fingerprint density at radius 3 is 2.47 bits per heavy atom. The summed E-state index contributed by atoms with van der Waals surface area (Å²) in [6, 6.07) is 2.81. The zero-order valence-electron chi connectivity index (χ0n) is 10.8. The van der Waals surface area contributed by atoms with Gasteiger partial charge in [0.05, 0.1) is 0 Å². The zero-order valence-corrected chi connectivity index (χ0v) is 13.2. The molecule has 4 heteroatoms. The highest BCUT2D eigenvalue weighted by atomic mass is 79.9. The Bertz CT molecular complexity index is 364. The Hall–Kier alpha value is 0.1000. The largest absolute Gasteiger partial charge is 0.314 e. The van der Waals surface area contributed by atoms with E-state index in [1.807, 2.05) is 11.3 Å². The minimum atomic E-state index is 0.279. The molecule has 2 nitrogen and oxygen atoms in total. The van der Waals surface area contributed by atoms with E-state index >= 15 is 0 Å². The third-order valence-corrected chi connectivity index (χ3v) is 4.94. The summed E-state index contributed by atoms with van der Waals surface area (Å²) in [7, 11) is 0. The molecule has 1 N–H and O–H groups in total. The number of hydrogen-bond acceptors (Lipinski definition) is 3. The van der Waals surface area contributed by atoms with Crippen LogP contribution in [-0.4, -0.2) is 31.1 Å². The van der Waals surface area contributed by atoms with Crippen LogP contribution >= 0.6 is 27.3 Å².